The molecule has 2 N–H and O–H groups in total. The predicted molar refractivity (Wildman–Crippen MR) is 81.7 cm³/mol. The van der Waals surface area contributed by atoms with E-state index in [1.54, 1.807) is 10.6 Å². The highest BCUT2D eigenvalue weighted by atomic mass is 32.2. The van der Waals surface area contributed by atoms with Crippen LogP contribution in [0.2, 0.25) is 0 Å². The lowest BCUT2D eigenvalue weighted by atomic mass is 10.0. The van der Waals surface area contributed by atoms with Gasteiger partial charge < -0.3 is 8.75 Å². The second-order valence-corrected chi connectivity index (χ2v) is 5.91. The largest absolute Gasteiger partial charge is 0.380 e. The molecule has 0 radical (unpaired) electrons. The van der Waals surface area contributed by atoms with Gasteiger partial charge in [-0.1, -0.05) is 6.92 Å². The topological polar surface area (TPSA) is 91.4 Å². The van der Waals surface area contributed by atoms with E-state index in [2.05, 4.69) is 4.18 Å². The third kappa shape index (κ3) is 2.93. The molecular formula is C14H18N2O4S. The van der Waals surface area contributed by atoms with Gasteiger partial charge in [0.05, 0.1) is 5.52 Å². The summed E-state index contributed by atoms with van der Waals surface area (Å²) in [7, 11) is -4.09. The first-order chi connectivity index (χ1) is 9.78. The quantitative estimate of drug-likeness (QED) is 0.925. The molecule has 0 aliphatic rings. The highest BCUT2D eigenvalue weighted by Crippen LogP contribution is 2.25. The van der Waals surface area contributed by atoms with Crippen molar-refractivity contribution < 1.29 is 12.6 Å². The number of aryl methyl sites for hydroxylation is 2. The smallest absolute Gasteiger partial charge is 0.371 e. The maximum Gasteiger partial charge on any atom is 0.380 e. The Morgan fingerprint density at radius 2 is 1.95 bits per heavy atom. The summed E-state index contributed by atoms with van der Waals surface area (Å²) >= 11 is 0. The molecule has 6 nitrogen and oxygen atoms in total. The molecule has 2 aromatic rings. The van der Waals surface area contributed by atoms with Crippen LogP contribution in [0.25, 0.3) is 10.9 Å². The van der Waals surface area contributed by atoms with Crippen LogP contribution in [0.1, 0.15) is 25.0 Å². The van der Waals surface area contributed by atoms with Gasteiger partial charge in [-0.2, -0.15) is 13.6 Å². The van der Waals surface area contributed by atoms with Crippen molar-refractivity contribution in [3.05, 3.63) is 39.7 Å². The van der Waals surface area contributed by atoms with Crippen LogP contribution in [0, 0.1) is 6.92 Å². The fraction of sp³-hybridized carbons (Fsp3) is 0.357. The van der Waals surface area contributed by atoms with E-state index in [0.717, 1.165) is 17.4 Å². The first kappa shape index (κ1) is 15.5. The number of nitrogens with zero attached hydrogens (tertiary/aromatic N) is 1. The Bertz CT molecular complexity index is 853. The molecule has 0 aliphatic carbocycles. The van der Waals surface area contributed by atoms with E-state index in [9.17, 15) is 13.2 Å². The zero-order chi connectivity index (χ0) is 15.8. The van der Waals surface area contributed by atoms with Crippen molar-refractivity contribution >= 4 is 21.2 Å². The van der Waals surface area contributed by atoms with E-state index in [4.69, 9.17) is 5.14 Å². The Morgan fingerprint density at radius 1 is 1.29 bits per heavy atom. The molecule has 0 saturated heterocycles. The van der Waals surface area contributed by atoms with Crippen LogP contribution in [0.3, 0.4) is 0 Å². The summed E-state index contributed by atoms with van der Waals surface area (Å²) in [6.07, 6.45) is 0.720. The lowest BCUT2D eigenvalue weighted by Crippen LogP contribution is -2.24. The van der Waals surface area contributed by atoms with Gasteiger partial charge in [0.1, 0.15) is 5.75 Å². The van der Waals surface area contributed by atoms with E-state index >= 15 is 0 Å². The number of fused-ring (bicyclic) bond motifs is 1. The van der Waals surface area contributed by atoms with Crippen LogP contribution in [0.4, 0.5) is 0 Å². The lowest BCUT2D eigenvalue weighted by Gasteiger charge is -2.15. The fourth-order valence-corrected chi connectivity index (χ4v) is 2.96. The van der Waals surface area contributed by atoms with Crippen molar-refractivity contribution in [1.29, 1.82) is 0 Å². The van der Waals surface area contributed by atoms with Gasteiger partial charge in [-0.15, -0.1) is 0 Å². The molecule has 0 atom stereocenters. The highest BCUT2D eigenvalue weighted by molar-refractivity contribution is 7.84. The Hall–Kier alpha value is -1.86. The van der Waals surface area contributed by atoms with Crippen LogP contribution in [0.15, 0.2) is 23.0 Å². The van der Waals surface area contributed by atoms with Crippen molar-refractivity contribution in [1.82, 2.24) is 4.57 Å². The van der Waals surface area contributed by atoms with Crippen LogP contribution < -0.4 is 14.9 Å². The summed E-state index contributed by atoms with van der Waals surface area (Å²) in [5, 5.41) is 5.79. The summed E-state index contributed by atoms with van der Waals surface area (Å²) < 4.78 is 28.3. The third-order valence-corrected chi connectivity index (χ3v) is 3.91. The van der Waals surface area contributed by atoms with Crippen molar-refractivity contribution in [3.8, 4) is 5.75 Å². The van der Waals surface area contributed by atoms with Gasteiger partial charge in [0.15, 0.2) is 0 Å². The van der Waals surface area contributed by atoms with E-state index in [1.165, 1.54) is 12.1 Å². The monoisotopic (exact) mass is 310 g/mol. The Balaban J connectivity index is 2.82. The van der Waals surface area contributed by atoms with Crippen LogP contribution >= 0.6 is 0 Å². The van der Waals surface area contributed by atoms with Gasteiger partial charge in [-0.3, -0.25) is 4.79 Å². The van der Waals surface area contributed by atoms with Gasteiger partial charge in [-0.05, 0) is 38.0 Å². The van der Waals surface area contributed by atoms with E-state index in [-0.39, 0.29) is 11.3 Å². The summed E-state index contributed by atoms with van der Waals surface area (Å²) in [5.74, 6) is 0.0949. The average molecular weight is 310 g/mol. The molecule has 2 rings (SSSR count). The number of benzene rings is 1. The molecule has 0 bridgehead atoms. The van der Waals surface area contributed by atoms with Crippen molar-refractivity contribution in [3.63, 3.8) is 0 Å². The first-order valence-electron chi connectivity index (χ1n) is 6.66. The zero-order valence-corrected chi connectivity index (χ0v) is 13.0. The van der Waals surface area contributed by atoms with Crippen molar-refractivity contribution in [2.45, 2.75) is 33.7 Å². The van der Waals surface area contributed by atoms with Crippen LogP contribution in [0.5, 0.6) is 5.75 Å². The molecule has 114 valence electrons. The molecule has 1 heterocycles. The minimum absolute atomic E-state index is 0.0744. The Labute approximate surface area is 123 Å². The predicted octanol–water partition coefficient (Wildman–Crippen LogP) is 1.47. The average Bonchev–Trinajstić information content (AvgIpc) is 2.39. The number of nitrogens with two attached hydrogens (primary N) is 1. The second kappa shape index (κ2) is 5.50. The molecule has 1 aromatic heterocycles. The van der Waals surface area contributed by atoms with Gasteiger partial charge in [-0.25, -0.2) is 0 Å². The molecule has 0 amide bonds. The molecule has 0 fully saturated rings. The summed E-state index contributed by atoms with van der Waals surface area (Å²) in [4.78, 5) is 12.4. The number of hydrogen-bond acceptors (Lipinski definition) is 4. The van der Waals surface area contributed by atoms with Gasteiger partial charge in [0, 0.05) is 23.6 Å². The normalized spacial score (nSPS) is 11.8. The summed E-state index contributed by atoms with van der Waals surface area (Å²) in [6, 6.07) is 4.83. The standard InChI is InChI=1S/C14H18N2O4S/c1-4-11-9(3)14(17)16(5-2)13-8-10(6-7-12(11)13)20-21(15,18)19/h6-8H,4-5H2,1-3H3,(H2,15,18,19). The number of rotatable bonds is 4. The fourth-order valence-electron chi connectivity index (χ4n) is 2.59. The summed E-state index contributed by atoms with van der Waals surface area (Å²) in [5.41, 5.74) is 2.24. The summed E-state index contributed by atoms with van der Waals surface area (Å²) in [6.45, 7) is 6.13. The molecule has 0 unspecified atom stereocenters. The van der Waals surface area contributed by atoms with Crippen LogP contribution in [-0.4, -0.2) is 13.0 Å². The highest BCUT2D eigenvalue weighted by Gasteiger charge is 2.14. The molecule has 7 heteroatoms. The molecule has 1 aromatic carbocycles. The Kier molecular flexibility index (Phi) is 4.06. The van der Waals surface area contributed by atoms with Crippen LogP contribution in [-0.2, 0) is 23.3 Å². The molecule has 0 spiro atoms. The van der Waals surface area contributed by atoms with Gasteiger partial charge >= 0.3 is 10.3 Å². The molecular weight excluding hydrogens is 292 g/mol. The zero-order valence-electron chi connectivity index (χ0n) is 12.2. The Morgan fingerprint density at radius 3 is 2.48 bits per heavy atom. The number of aromatic nitrogens is 1. The SMILES string of the molecule is CCc1c(C)c(=O)n(CC)c2cc(OS(N)(=O)=O)ccc12. The van der Waals surface area contributed by atoms with E-state index < -0.39 is 10.3 Å². The van der Waals surface area contributed by atoms with Crippen molar-refractivity contribution in [2.75, 3.05) is 0 Å². The molecule has 0 aliphatic heterocycles. The molecule has 0 saturated carbocycles. The van der Waals surface area contributed by atoms with E-state index in [0.29, 0.717) is 17.6 Å². The minimum atomic E-state index is -4.09. The maximum absolute atomic E-state index is 12.4. The van der Waals surface area contributed by atoms with E-state index in [1.807, 2.05) is 20.8 Å². The van der Waals surface area contributed by atoms with Crippen molar-refractivity contribution in [2.24, 2.45) is 5.14 Å². The van der Waals surface area contributed by atoms with Gasteiger partial charge in [0.25, 0.3) is 5.56 Å². The second-order valence-electron chi connectivity index (χ2n) is 4.76. The first-order valence-corrected chi connectivity index (χ1v) is 8.13. The third-order valence-electron chi connectivity index (χ3n) is 3.49. The van der Waals surface area contributed by atoms with Gasteiger partial charge in [0.2, 0.25) is 0 Å². The minimum Gasteiger partial charge on any atom is -0.371 e. The molecule has 21 heavy (non-hydrogen) atoms. The lowest BCUT2D eigenvalue weighted by molar-refractivity contribution is 0.488. The number of hydrogen-bond donors (Lipinski definition) is 1. The number of pyridine rings is 1. The maximum atomic E-state index is 12.4.